The van der Waals surface area contributed by atoms with Gasteiger partial charge in [0.05, 0.1) is 28.8 Å². The molecular formula is C17H11ClF2N4O. The highest BCUT2D eigenvalue weighted by Crippen LogP contribution is 2.23. The van der Waals surface area contributed by atoms with E-state index < -0.39 is 17.5 Å². The summed E-state index contributed by atoms with van der Waals surface area (Å²) < 4.78 is 26.4. The Hall–Kier alpha value is -3.06. The van der Waals surface area contributed by atoms with Gasteiger partial charge in [-0.05, 0) is 24.3 Å². The summed E-state index contributed by atoms with van der Waals surface area (Å²) in [6.07, 6.45) is 2.58. The number of rotatable bonds is 4. The van der Waals surface area contributed by atoms with Gasteiger partial charge in [-0.1, -0.05) is 23.7 Å². The first kappa shape index (κ1) is 16.8. The van der Waals surface area contributed by atoms with E-state index in [-0.39, 0.29) is 11.4 Å². The van der Waals surface area contributed by atoms with E-state index in [2.05, 4.69) is 20.6 Å². The molecule has 0 saturated carbocycles. The summed E-state index contributed by atoms with van der Waals surface area (Å²) in [5, 5.41) is 5.78. The standard InChI is InChI=1S/C17H11ClF2N4O/c18-11-3-1-2-4-13(11)23-16-9-21-15(8-22-16)17(25)24-14-6-5-10(19)7-12(14)20/h1-9H,(H,22,23)(H,24,25). The molecule has 2 N–H and O–H groups in total. The zero-order chi connectivity index (χ0) is 17.8. The highest BCUT2D eigenvalue weighted by Gasteiger charge is 2.12. The summed E-state index contributed by atoms with van der Waals surface area (Å²) in [4.78, 5) is 20.1. The molecule has 0 saturated heterocycles. The first-order valence-electron chi connectivity index (χ1n) is 7.13. The van der Waals surface area contributed by atoms with Gasteiger partial charge in [-0.15, -0.1) is 0 Å². The van der Waals surface area contributed by atoms with E-state index in [0.717, 1.165) is 12.1 Å². The second kappa shape index (κ2) is 7.23. The van der Waals surface area contributed by atoms with E-state index in [0.29, 0.717) is 22.6 Å². The Labute approximate surface area is 146 Å². The van der Waals surface area contributed by atoms with Crippen LogP contribution in [0.5, 0.6) is 0 Å². The molecule has 0 fully saturated rings. The zero-order valence-corrected chi connectivity index (χ0v) is 13.4. The minimum atomic E-state index is -0.877. The van der Waals surface area contributed by atoms with Gasteiger partial charge in [-0.25, -0.2) is 18.7 Å². The normalized spacial score (nSPS) is 10.4. The van der Waals surface area contributed by atoms with E-state index in [1.54, 1.807) is 24.3 Å². The van der Waals surface area contributed by atoms with Crippen LogP contribution < -0.4 is 10.6 Å². The van der Waals surface area contributed by atoms with Gasteiger partial charge in [0.25, 0.3) is 5.91 Å². The van der Waals surface area contributed by atoms with Crippen LogP contribution >= 0.6 is 11.6 Å². The van der Waals surface area contributed by atoms with Crippen molar-refractivity contribution >= 4 is 34.7 Å². The number of hydrogen-bond acceptors (Lipinski definition) is 4. The molecule has 1 amide bonds. The van der Waals surface area contributed by atoms with Crippen LogP contribution in [0.3, 0.4) is 0 Å². The van der Waals surface area contributed by atoms with Crippen molar-refractivity contribution in [3.8, 4) is 0 Å². The largest absolute Gasteiger partial charge is 0.338 e. The number of carbonyl (C=O) groups excluding carboxylic acids is 1. The topological polar surface area (TPSA) is 66.9 Å². The molecule has 1 aromatic heterocycles. The molecule has 0 aliphatic rings. The number of aromatic nitrogens is 2. The van der Waals surface area contributed by atoms with Gasteiger partial charge in [0.1, 0.15) is 23.1 Å². The third-order valence-electron chi connectivity index (χ3n) is 3.20. The highest BCUT2D eigenvalue weighted by atomic mass is 35.5. The molecule has 0 atom stereocenters. The van der Waals surface area contributed by atoms with E-state index in [4.69, 9.17) is 11.6 Å². The van der Waals surface area contributed by atoms with Crippen molar-refractivity contribution < 1.29 is 13.6 Å². The molecule has 3 aromatic rings. The van der Waals surface area contributed by atoms with Crippen LogP contribution in [0.1, 0.15) is 10.5 Å². The Balaban J connectivity index is 1.71. The molecule has 0 aliphatic carbocycles. The molecule has 25 heavy (non-hydrogen) atoms. The van der Waals surface area contributed by atoms with Crippen LogP contribution in [-0.4, -0.2) is 15.9 Å². The third kappa shape index (κ3) is 4.07. The molecule has 5 nitrogen and oxygen atoms in total. The summed E-state index contributed by atoms with van der Waals surface area (Å²) in [5.41, 5.74) is 0.476. The minimum absolute atomic E-state index is 0.0200. The van der Waals surface area contributed by atoms with Crippen molar-refractivity contribution in [1.82, 2.24) is 9.97 Å². The summed E-state index contributed by atoms with van der Waals surface area (Å²) in [6, 6.07) is 9.93. The van der Waals surface area contributed by atoms with Crippen molar-refractivity contribution in [2.24, 2.45) is 0 Å². The Bertz CT molecular complexity index is 919. The predicted octanol–water partition coefficient (Wildman–Crippen LogP) is 4.40. The number of hydrogen-bond donors (Lipinski definition) is 2. The quantitative estimate of drug-likeness (QED) is 0.723. The molecular weight excluding hydrogens is 350 g/mol. The summed E-state index contributed by atoms with van der Waals surface area (Å²) in [7, 11) is 0. The van der Waals surface area contributed by atoms with Crippen LogP contribution in [0.2, 0.25) is 5.02 Å². The predicted molar refractivity (Wildman–Crippen MR) is 91.1 cm³/mol. The van der Waals surface area contributed by atoms with E-state index >= 15 is 0 Å². The van der Waals surface area contributed by atoms with Gasteiger partial charge < -0.3 is 10.6 Å². The van der Waals surface area contributed by atoms with E-state index in [1.807, 2.05) is 0 Å². The molecule has 0 unspecified atom stereocenters. The molecule has 2 aromatic carbocycles. The fraction of sp³-hybridized carbons (Fsp3) is 0. The highest BCUT2D eigenvalue weighted by molar-refractivity contribution is 6.33. The maximum atomic E-state index is 13.6. The molecule has 0 spiro atoms. The first-order chi connectivity index (χ1) is 12.0. The lowest BCUT2D eigenvalue weighted by Crippen LogP contribution is -2.15. The second-order valence-electron chi connectivity index (χ2n) is 4.97. The van der Waals surface area contributed by atoms with Crippen molar-refractivity contribution in [2.45, 2.75) is 0 Å². The van der Waals surface area contributed by atoms with Gasteiger partial charge in [-0.2, -0.15) is 0 Å². The monoisotopic (exact) mass is 360 g/mol. The summed E-state index contributed by atoms with van der Waals surface area (Å²) in [6.45, 7) is 0. The van der Waals surface area contributed by atoms with Gasteiger partial charge in [0, 0.05) is 6.07 Å². The average molecular weight is 361 g/mol. The van der Waals surface area contributed by atoms with E-state index in [1.165, 1.54) is 12.4 Å². The molecule has 8 heteroatoms. The third-order valence-corrected chi connectivity index (χ3v) is 3.53. The molecule has 3 rings (SSSR count). The van der Waals surface area contributed by atoms with Gasteiger partial charge >= 0.3 is 0 Å². The van der Waals surface area contributed by atoms with Crippen LogP contribution in [0.25, 0.3) is 0 Å². The van der Waals surface area contributed by atoms with Gasteiger partial charge in [0.15, 0.2) is 0 Å². The number of anilines is 3. The maximum Gasteiger partial charge on any atom is 0.275 e. The Morgan fingerprint density at radius 2 is 1.80 bits per heavy atom. The lowest BCUT2D eigenvalue weighted by atomic mass is 10.3. The van der Waals surface area contributed by atoms with Crippen molar-refractivity contribution in [3.05, 3.63) is 77.2 Å². The Kier molecular flexibility index (Phi) is 4.85. The first-order valence-corrected chi connectivity index (χ1v) is 7.51. The fourth-order valence-electron chi connectivity index (χ4n) is 1.99. The van der Waals surface area contributed by atoms with Crippen LogP contribution in [-0.2, 0) is 0 Å². The second-order valence-corrected chi connectivity index (χ2v) is 5.38. The zero-order valence-electron chi connectivity index (χ0n) is 12.6. The number of nitrogens with one attached hydrogen (secondary N) is 2. The van der Waals surface area contributed by atoms with Crippen LogP contribution in [0.15, 0.2) is 54.9 Å². The smallest absolute Gasteiger partial charge is 0.275 e. The van der Waals surface area contributed by atoms with Crippen molar-refractivity contribution in [2.75, 3.05) is 10.6 Å². The SMILES string of the molecule is O=C(Nc1ccc(F)cc1F)c1cnc(Nc2ccccc2Cl)cn1. The molecule has 0 aliphatic heterocycles. The lowest BCUT2D eigenvalue weighted by molar-refractivity contribution is 0.102. The lowest BCUT2D eigenvalue weighted by Gasteiger charge is -2.08. The maximum absolute atomic E-state index is 13.6. The van der Waals surface area contributed by atoms with Crippen molar-refractivity contribution in [3.63, 3.8) is 0 Å². The average Bonchev–Trinajstić information content (AvgIpc) is 2.60. The van der Waals surface area contributed by atoms with Crippen LogP contribution in [0.4, 0.5) is 26.0 Å². The molecule has 0 bridgehead atoms. The number of benzene rings is 2. The Morgan fingerprint density at radius 1 is 1.00 bits per heavy atom. The van der Waals surface area contributed by atoms with Gasteiger partial charge in [0.2, 0.25) is 0 Å². The van der Waals surface area contributed by atoms with E-state index in [9.17, 15) is 13.6 Å². The number of nitrogens with zero attached hydrogens (tertiary/aromatic N) is 2. The summed E-state index contributed by atoms with van der Waals surface area (Å²) in [5.74, 6) is -1.89. The number of amides is 1. The number of halogens is 3. The fourth-order valence-corrected chi connectivity index (χ4v) is 2.17. The molecule has 0 radical (unpaired) electrons. The van der Waals surface area contributed by atoms with Crippen LogP contribution in [0, 0.1) is 11.6 Å². The molecule has 1 heterocycles. The van der Waals surface area contributed by atoms with Crippen molar-refractivity contribution in [1.29, 1.82) is 0 Å². The Morgan fingerprint density at radius 3 is 2.48 bits per heavy atom. The minimum Gasteiger partial charge on any atom is -0.338 e. The number of para-hydroxylation sites is 1. The summed E-state index contributed by atoms with van der Waals surface area (Å²) >= 11 is 6.04. The van der Waals surface area contributed by atoms with Gasteiger partial charge in [-0.3, -0.25) is 4.79 Å². The number of carbonyl (C=O) groups is 1. The molecule has 126 valence electrons.